The fraction of sp³-hybridized carbons (Fsp3) is 0.429. The zero-order valence-electron chi connectivity index (χ0n) is 11.0. The van der Waals surface area contributed by atoms with Crippen molar-refractivity contribution >= 4 is 5.82 Å². The maximum Gasteiger partial charge on any atom is 0.123 e. The van der Waals surface area contributed by atoms with Crippen molar-refractivity contribution in [3.63, 3.8) is 0 Å². The van der Waals surface area contributed by atoms with Gasteiger partial charge in [-0.25, -0.2) is 9.97 Å². The summed E-state index contributed by atoms with van der Waals surface area (Å²) in [6.45, 7) is 0. The molecule has 0 radical (unpaired) electrons. The Morgan fingerprint density at radius 3 is 2.89 bits per heavy atom. The second-order valence-corrected chi connectivity index (χ2v) is 4.98. The summed E-state index contributed by atoms with van der Waals surface area (Å²) in [5, 5.41) is 0. The summed E-state index contributed by atoms with van der Waals surface area (Å²) in [4.78, 5) is 8.43. The lowest BCUT2D eigenvalue weighted by Crippen LogP contribution is -2.09. The van der Waals surface area contributed by atoms with Gasteiger partial charge in [-0.2, -0.15) is 0 Å². The van der Waals surface area contributed by atoms with Gasteiger partial charge in [0, 0.05) is 24.9 Å². The first-order chi connectivity index (χ1) is 9.28. The maximum atomic E-state index is 5.63. The van der Waals surface area contributed by atoms with Crippen molar-refractivity contribution in [3.05, 3.63) is 30.9 Å². The Bertz CT molecular complexity index is 549. The molecule has 2 aromatic heterocycles. The summed E-state index contributed by atoms with van der Waals surface area (Å²) in [5.41, 5.74) is 7.77. The van der Waals surface area contributed by atoms with Crippen molar-refractivity contribution < 1.29 is 4.74 Å². The Labute approximate surface area is 112 Å². The summed E-state index contributed by atoms with van der Waals surface area (Å²) in [6.07, 6.45) is 9.23. The quantitative estimate of drug-likeness (QED) is 0.917. The van der Waals surface area contributed by atoms with Gasteiger partial charge in [-0.05, 0) is 31.4 Å². The molecule has 0 saturated heterocycles. The number of hydrogen-bond acceptors (Lipinski definition) is 4. The van der Waals surface area contributed by atoms with E-state index in [9.17, 15) is 0 Å². The van der Waals surface area contributed by atoms with E-state index in [0.717, 1.165) is 30.5 Å². The second kappa shape index (κ2) is 5.01. The minimum Gasteiger partial charge on any atom is -0.384 e. The topological polar surface area (TPSA) is 66.0 Å². The zero-order chi connectivity index (χ0) is 13.2. The molecule has 2 aromatic rings. The van der Waals surface area contributed by atoms with Crippen molar-refractivity contribution in [1.82, 2.24) is 14.5 Å². The number of anilines is 1. The van der Waals surface area contributed by atoms with Gasteiger partial charge >= 0.3 is 0 Å². The van der Waals surface area contributed by atoms with E-state index in [-0.39, 0.29) is 0 Å². The first kappa shape index (κ1) is 12.2. The first-order valence-electron chi connectivity index (χ1n) is 6.54. The molecule has 2 atom stereocenters. The number of rotatable bonds is 3. The van der Waals surface area contributed by atoms with E-state index in [1.54, 1.807) is 13.3 Å². The second-order valence-electron chi connectivity index (χ2n) is 4.98. The van der Waals surface area contributed by atoms with Crippen LogP contribution in [0.25, 0.3) is 11.3 Å². The fourth-order valence-electron chi connectivity index (χ4n) is 2.76. The monoisotopic (exact) mass is 258 g/mol. The molecule has 1 aliphatic carbocycles. The smallest absolute Gasteiger partial charge is 0.123 e. The van der Waals surface area contributed by atoms with Crippen molar-refractivity contribution in [2.24, 2.45) is 0 Å². The van der Waals surface area contributed by atoms with Crippen LogP contribution in [0.1, 0.15) is 25.3 Å². The average molecular weight is 258 g/mol. The summed E-state index contributed by atoms with van der Waals surface area (Å²) in [5.74, 6) is 0.537. The van der Waals surface area contributed by atoms with Crippen LogP contribution >= 0.6 is 0 Å². The summed E-state index contributed by atoms with van der Waals surface area (Å²) in [6, 6.07) is 4.26. The van der Waals surface area contributed by atoms with Gasteiger partial charge in [0.15, 0.2) is 0 Å². The van der Waals surface area contributed by atoms with Crippen molar-refractivity contribution in [3.8, 4) is 11.3 Å². The van der Waals surface area contributed by atoms with Gasteiger partial charge in [0.05, 0.1) is 24.3 Å². The van der Waals surface area contributed by atoms with Gasteiger partial charge in [-0.15, -0.1) is 0 Å². The van der Waals surface area contributed by atoms with E-state index in [0.29, 0.717) is 18.0 Å². The molecule has 0 bridgehead atoms. The normalized spacial score (nSPS) is 22.8. The van der Waals surface area contributed by atoms with E-state index in [4.69, 9.17) is 10.5 Å². The Morgan fingerprint density at radius 2 is 2.21 bits per heavy atom. The third-order valence-corrected chi connectivity index (χ3v) is 3.83. The van der Waals surface area contributed by atoms with Crippen molar-refractivity contribution in [1.29, 1.82) is 0 Å². The molecular formula is C14H18N4O. The molecule has 5 nitrogen and oxygen atoms in total. The lowest BCUT2D eigenvalue weighted by atomic mass is 10.2. The molecule has 2 N–H and O–H groups in total. The molecule has 0 amide bonds. The number of imidazole rings is 1. The van der Waals surface area contributed by atoms with Crippen LogP contribution in [0.4, 0.5) is 5.82 Å². The Kier molecular flexibility index (Phi) is 3.21. The standard InChI is InChI=1S/C14H18N4O/c1-19-12-4-3-11(6-12)18-9-16-8-13(18)10-2-5-14(15)17-7-10/h2,5,7-9,11-12H,3-4,6H2,1H3,(H2,15,17). The van der Waals surface area contributed by atoms with Gasteiger partial charge in [0.1, 0.15) is 5.82 Å². The number of nitrogens with two attached hydrogens (primary N) is 1. The molecule has 2 unspecified atom stereocenters. The number of pyridine rings is 1. The Balaban J connectivity index is 1.88. The van der Waals surface area contributed by atoms with E-state index >= 15 is 0 Å². The van der Waals surface area contributed by atoms with Gasteiger partial charge in [-0.1, -0.05) is 0 Å². The molecule has 1 fully saturated rings. The molecule has 0 spiro atoms. The van der Waals surface area contributed by atoms with E-state index in [1.807, 2.05) is 24.7 Å². The third-order valence-electron chi connectivity index (χ3n) is 3.83. The summed E-state index contributed by atoms with van der Waals surface area (Å²) >= 11 is 0. The molecule has 19 heavy (non-hydrogen) atoms. The average Bonchev–Trinajstić information content (AvgIpc) is 3.07. The van der Waals surface area contributed by atoms with Crippen LogP contribution in [0.2, 0.25) is 0 Å². The minimum atomic E-state index is 0.366. The molecule has 0 aromatic carbocycles. The van der Waals surface area contributed by atoms with Gasteiger partial charge in [0.25, 0.3) is 0 Å². The number of nitrogen functional groups attached to an aromatic ring is 1. The molecule has 100 valence electrons. The third kappa shape index (κ3) is 2.33. The predicted octanol–water partition coefficient (Wildman–Crippen LogP) is 2.27. The fourth-order valence-corrected chi connectivity index (χ4v) is 2.76. The molecule has 1 saturated carbocycles. The van der Waals surface area contributed by atoms with Gasteiger partial charge in [0.2, 0.25) is 0 Å². The summed E-state index contributed by atoms with van der Waals surface area (Å²) in [7, 11) is 1.78. The highest BCUT2D eigenvalue weighted by atomic mass is 16.5. The lowest BCUT2D eigenvalue weighted by Gasteiger charge is -2.15. The van der Waals surface area contributed by atoms with Crippen LogP contribution in [-0.4, -0.2) is 27.7 Å². The number of aromatic nitrogens is 3. The van der Waals surface area contributed by atoms with E-state index < -0.39 is 0 Å². The molecule has 5 heteroatoms. The number of ether oxygens (including phenoxy) is 1. The van der Waals surface area contributed by atoms with Crippen molar-refractivity contribution in [2.75, 3.05) is 12.8 Å². The number of methoxy groups -OCH3 is 1. The first-order valence-corrected chi connectivity index (χ1v) is 6.54. The zero-order valence-corrected chi connectivity index (χ0v) is 11.0. The highest BCUT2D eigenvalue weighted by Crippen LogP contribution is 2.34. The van der Waals surface area contributed by atoms with Crippen LogP contribution in [0.3, 0.4) is 0 Å². The van der Waals surface area contributed by atoms with Crippen LogP contribution in [0, 0.1) is 0 Å². The van der Waals surface area contributed by atoms with Crippen LogP contribution < -0.4 is 5.73 Å². The minimum absolute atomic E-state index is 0.366. The molecular weight excluding hydrogens is 240 g/mol. The van der Waals surface area contributed by atoms with Gasteiger partial charge < -0.3 is 15.0 Å². The predicted molar refractivity (Wildman–Crippen MR) is 73.6 cm³/mol. The molecule has 1 aliphatic rings. The SMILES string of the molecule is COC1CCC(n2cncc2-c2ccc(N)nc2)C1. The molecule has 2 heterocycles. The lowest BCUT2D eigenvalue weighted by molar-refractivity contribution is 0.106. The van der Waals surface area contributed by atoms with Gasteiger partial charge in [-0.3, -0.25) is 0 Å². The van der Waals surface area contributed by atoms with Crippen LogP contribution in [0.5, 0.6) is 0 Å². The molecule has 3 rings (SSSR count). The maximum absolute atomic E-state index is 5.63. The van der Waals surface area contributed by atoms with E-state index in [2.05, 4.69) is 14.5 Å². The highest BCUT2D eigenvalue weighted by Gasteiger charge is 2.27. The molecule has 0 aliphatic heterocycles. The summed E-state index contributed by atoms with van der Waals surface area (Å²) < 4.78 is 7.67. The number of nitrogens with zero attached hydrogens (tertiary/aromatic N) is 3. The van der Waals surface area contributed by atoms with Crippen molar-refractivity contribution in [2.45, 2.75) is 31.4 Å². The van der Waals surface area contributed by atoms with E-state index in [1.165, 1.54) is 0 Å². The van der Waals surface area contributed by atoms with Crippen LogP contribution in [-0.2, 0) is 4.74 Å². The number of hydrogen-bond donors (Lipinski definition) is 1. The van der Waals surface area contributed by atoms with Crippen LogP contribution in [0.15, 0.2) is 30.9 Å². The largest absolute Gasteiger partial charge is 0.384 e. The Hall–Kier alpha value is -1.88. The Morgan fingerprint density at radius 1 is 1.32 bits per heavy atom. The highest BCUT2D eigenvalue weighted by molar-refractivity contribution is 5.59.